The first-order valence-electron chi connectivity index (χ1n) is 6.45. The average Bonchev–Trinajstić information content (AvgIpc) is 2.50. The Kier molecular flexibility index (Phi) is 6.21. The van der Waals surface area contributed by atoms with Gasteiger partial charge in [0, 0.05) is 26.2 Å². The number of rotatable bonds is 5. The molecule has 23 heavy (non-hydrogen) atoms. The van der Waals surface area contributed by atoms with Crippen molar-refractivity contribution >= 4 is 57.9 Å². The number of benzene rings is 2. The van der Waals surface area contributed by atoms with E-state index in [0.29, 0.717) is 25.6 Å². The van der Waals surface area contributed by atoms with Crippen molar-refractivity contribution in [3.05, 3.63) is 68.7 Å². The van der Waals surface area contributed by atoms with Crippen molar-refractivity contribution in [1.82, 2.24) is 10.9 Å². The minimum atomic E-state index is -0.943. The summed E-state index contributed by atoms with van der Waals surface area (Å²) in [7, 11) is 0. The van der Waals surface area contributed by atoms with Gasteiger partial charge < -0.3 is 11.2 Å². The molecule has 0 bridgehead atoms. The van der Waals surface area contributed by atoms with Gasteiger partial charge in [-0.3, -0.25) is 4.79 Å². The number of hydrazine groups is 1. The SMILES string of the molecule is NC(=O)C(NNC(=S)c1ccc(Cl)cc1)c1c(Cl)cccc1Cl. The lowest BCUT2D eigenvalue weighted by molar-refractivity contribution is -0.120. The zero-order chi connectivity index (χ0) is 17.0. The molecule has 1 atom stereocenters. The minimum Gasteiger partial charge on any atom is -0.368 e. The van der Waals surface area contributed by atoms with Crippen LogP contribution < -0.4 is 16.6 Å². The Bertz CT molecular complexity index is 717. The van der Waals surface area contributed by atoms with Crippen LogP contribution in [0.1, 0.15) is 17.2 Å². The third kappa shape index (κ3) is 4.56. The molecule has 120 valence electrons. The summed E-state index contributed by atoms with van der Waals surface area (Å²) >= 11 is 23.3. The molecule has 0 saturated carbocycles. The quantitative estimate of drug-likeness (QED) is 0.540. The highest BCUT2D eigenvalue weighted by Crippen LogP contribution is 2.29. The van der Waals surface area contributed by atoms with Crippen LogP contribution in [0.5, 0.6) is 0 Å². The maximum atomic E-state index is 11.7. The summed E-state index contributed by atoms with van der Waals surface area (Å²) in [5.41, 5.74) is 12.1. The Morgan fingerprint density at radius 3 is 2.13 bits per heavy atom. The van der Waals surface area contributed by atoms with Gasteiger partial charge in [-0.15, -0.1) is 0 Å². The summed E-state index contributed by atoms with van der Waals surface area (Å²) in [6.45, 7) is 0. The van der Waals surface area contributed by atoms with Gasteiger partial charge in [0.15, 0.2) is 0 Å². The number of hydrogen-bond donors (Lipinski definition) is 3. The van der Waals surface area contributed by atoms with Crippen molar-refractivity contribution in [2.75, 3.05) is 0 Å². The van der Waals surface area contributed by atoms with Crippen molar-refractivity contribution in [3.63, 3.8) is 0 Å². The highest BCUT2D eigenvalue weighted by Gasteiger charge is 2.23. The number of thiocarbonyl (C=S) groups is 1. The van der Waals surface area contributed by atoms with Gasteiger partial charge in [-0.1, -0.05) is 65.2 Å². The van der Waals surface area contributed by atoms with E-state index in [1.807, 2.05) is 0 Å². The number of carbonyl (C=O) groups excluding carboxylic acids is 1. The molecule has 1 unspecified atom stereocenters. The topological polar surface area (TPSA) is 67.2 Å². The van der Waals surface area contributed by atoms with Crippen molar-refractivity contribution in [2.24, 2.45) is 5.73 Å². The number of primary amides is 1. The summed E-state index contributed by atoms with van der Waals surface area (Å²) in [6, 6.07) is 10.9. The van der Waals surface area contributed by atoms with Crippen LogP contribution >= 0.6 is 47.0 Å². The second kappa shape index (κ2) is 7.95. The van der Waals surface area contributed by atoms with Crippen LogP contribution in [0.3, 0.4) is 0 Å². The Labute approximate surface area is 153 Å². The number of nitrogens with one attached hydrogen (secondary N) is 2. The number of halogens is 3. The molecule has 0 heterocycles. The van der Waals surface area contributed by atoms with E-state index in [9.17, 15) is 4.79 Å². The van der Waals surface area contributed by atoms with Crippen LogP contribution in [0.2, 0.25) is 15.1 Å². The molecule has 0 aliphatic rings. The first-order valence-corrected chi connectivity index (χ1v) is 7.99. The van der Waals surface area contributed by atoms with Gasteiger partial charge in [-0.2, -0.15) is 0 Å². The molecule has 8 heteroatoms. The number of carbonyl (C=O) groups is 1. The van der Waals surface area contributed by atoms with Crippen molar-refractivity contribution < 1.29 is 4.79 Å². The van der Waals surface area contributed by atoms with Crippen molar-refractivity contribution in [2.45, 2.75) is 6.04 Å². The fourth-order valence-electron chi connectivity index (χ4n) is 1.88. The van der Waals surface area contributed by atoms with E-state index in [1.165, 1.54) is 0 Å². The average molecular weight is 389 g/mol. The van der Waals surface area contributed by atoms with Crippen LogP contribution in [0, 0.1) is 0 Å². The lowest BCUT2D eigenvalue weighted by Crippen LogP contribution is -2.44. The van der Waals surface area contributed by atoms with Crippen LogP contribution in [0.15, 0.2) is 42.5 Å². The second-order valence-electron chi connectivity index (χ2n) is 4.58. The van der Waals surface area contributed by atoms with Gasteiger partial charge in [-0.05, 0) is 24.3 Å². The molecule has 0 saturated heterocycles. The zero-order valence-electron chi connectivity index (χ0n) is 11.6. The molecule has 0 radical (unpaired) electrons. The fraction of sp³-hybridized carbons (Fsp3) is 0.0667. The van der Waals surface area contributed by atoms with Gasteiger partial charge in [0.2, 0.25) is 5.91 Å². The van der Waals surface area contributed by atoms with Gasteiger partial charge >= 0.3 is 0 Å². The monoisotopic (exact) mass is 387 g/mol. The molecule has 1 amide bonds. The summed E-state index contributed by atoms with van der Waals surface area (Å²) in [6.07, 6.45) is 0. The molecule has 0 fully saturated rings. The minimum absolute atomic E-state index is 0.327. The third-order valence-corrected chi connectivity index (χ3v) is 4.26. The summed E-state index contributed by atoms with van der Waals surface area (Å²) in [4.78, 5) is 12.1. The fourth-order valence-corrected chi connectivity index (χ4v) is 2.82. The lowest BCUT2D eigenvalue weighted by atomic mass is 10.1. The van der Waals surface area contributed by atoms with E-state index in [1.54, 1.807) is 42.5 Å². The van der Waals surface area contributed by atoms with Crippen LogP contribution in [0.4, 0.5) is 0 Å². The summed E-state index contributed by atoms with van der Waals surface area (Å²) in [5, 5.41) is 1.25. The third-order valence-electron chi connectivity index (χ3n) is 3.01. The Balaban J connectivity index is 2.16. The molecule has 0 aliphatic heterocycles. The van der Waals surface area contributed by atoms with E-state index in [4.69, 9.17) is 52.8 Å². The second-order valence-corrected chi connectivity index (χ2v) is 6.24. The number of nitrogens with two attached hydrogens (primary N) is 1. The van der Waals surface area contributed by atoms with Gasteiger partial charge in [0.05, 0.1) is 0 Å². The first kappa shape index (κ1) is 18.0. The molecule has 2 rings (SSSR count). The highest BCUT2D eigenvalue weighted by molar-refractivity contribution is 7.80. The molecule has 4 nitrogen and oxygen atoms in total. The maximum absolute atomic E-state index is 11.7. The predicted octanol–water partition coefficient (Wildman–Crippen LogP) is 3.64. The van der Waals surface area contributed by atoms with Crippen LogP contribution in [-0.2, 0) is 4.79 Å². The molecule has 0 spiro atoms. The van der Waals surface area contributed by atoms with Crippen LogP contribution in [-0.4, -0.2) is 10.9 Å². The normalized spacial score (nSPS) is 11.8. The maximum Gasteiger partial charge on any atom is 0.241 e. The smallest absolute Gasteiger partial charge is 0.241 e. The molecular weight excluding hydrogens is 377 g/mol. The van der Waals surface area contributed by atoms with Crippen molar-refractivity contribution in [1.29, 1.82) is 0 Å². The molecular formula is C15H12Cl3N3OS. The van der Waals surface area contributed by atoms with Crippen LogP contribution in [0.25, 0.3) is 0 Å². The first-order chi connectivity index (χ1) is 10.9. The number of hydrogen-bond acceptors (Lipinski definition) is 3. The highest BCUT2D eigenvalue weighted by atomic mass is 35.5. The molecule has 4 N–H and O–H groups in total. The van der Waals surface area contributed by atoms with Gasteiger partial charge in [-0.25, -0.2) is 5.43 Å². The van der Waals surface area contributed by atoms with E-state index in [-0.39, 0.29) is 0 Å². The predicted molar refractivity (Wildman–Crippen MR) is 97.8 cm³/mol. The van der Waals surface area contributed by atoms with E-state index in [2.05, 4.69) is 10.9 Å². The Morgan fingerprint density at radius 1 is 1.04 bits per heavy atom. The summed E-state index contributed by atoms with van der Waals surface area (Å²) in [5.74, 6) is -0.647. The standard InChI is InChI=1S/C15H12Cl3N3OS/c16-9-6-4-8(5-7-9)15(23)21-20-13(14(19)22)12-10(17)2-1-3-11(12)18/h1-7,13,20H,(H2,19,22)(H,21,23). The molecule has 2 aromatic carbocycles. The van der Waals surface area contributed by atoms with E-state index < -0.39 is 11.9 Å². The van der Waals surface area contributed by atoms with Gasteiger partial charge in [0.1, 0.15) is 11.0 Å². The van der Waals surface area contributed by atoms with Crippen molar-refractivity contribution in [3.8, 4) is 0 Å². The van der Waals surface area contributed by atoms with Gasteiger partial charge in [0.25, 0.3) is 0 Å². The lowest BCUT2D eigenvalue weighted by Gasteiger charge is -2.20. The zero-order valence-corrected chi connectivity index (χ0v) is 14.7. The molecule has 0 aliphatic carbocycles. The Hall–Kier alpha value is -1.37. The Morgan fingerprint density at radius 2 is 1.61 bits per heavy atom. The summed E-state index contributed by atoms with van der Waals surface area (Å²) < 4.78 is 0. The largest absolute Gasteiger partial charge is 0.368 e. The van der Waals surface area contributed by atoms with E-state index >= 15 is 0 Å². The molecule has 2 aromatic rings. The molecule has 0 aromatic heterocycles. The number of amides is 1. The van der Waals surface area contributed by atoms with E-state index in [0.717, 1.165) is 5.56 Å².